The van der Waals surface area contributed by atoms with Crippen molar-refractivity contribution in [3.05, 3.63) is 59.9 Å². The number of hydrogen-bond acceptors (Lipinski definition) is 5. The normalized spacial score (nSPS) is 14.4. The number of nitrogens with one attached hydrogen (secondary N) is 1. The van der Waals surface area contributed by atoms with E-state index in [0.29, 0.717) is 5.69 Å². The van der Waals surface area contributed by atoms with E-state index >= 15 is 0 Å². The number of nitrogens with zero attached hydrogens (tertiary/aromatic N) is 3. The van der Waals surface area contributed by atoms with Crippen LogP contribution in [0.5, 0.6) is 0 Å². The van der Waals surface area contributed by atoms with Crippen molar-refractivity contribution in [2.75, 3.05) is 34.8 Å². The predicted molar refractivity (Wildman–Crippen MR) is 108 cm³/mol. The van der Waals surface area contributed by atoms with E-state index < -0.39 is 0 Å². The molecule has 1 aromatic heterocycles. The summed E-state index contributed by atoms with van der Waals surface area (Å²) in [4.78, 5) is 23.7. The van der Waals surface area contributed by atoms with Crippen LogP contribution in [0.4, 0.5) is 11.4 Å². The quantitative estimate of drug-likeness (QED) is 0.767. The lowest BCUT2D eigenvalue weighted by Crippen LogP contribution is -2.32. The molecule has 26 heavy (non-hydrogen) atoms. The van der Waals surface area contributed by atoms with Crippen LogP contribution < -0.4 is 10.2 Å². The Labute approximate surface area is 156 Å². The van der Waals surface area contributed by atoms with Gasteiger partial charge in [0.2, 0.25) is 0 Å². The second-order valence-corrected chi connectivity index (χ2v) is 7.52. The highest BCUT2D eigenvalue weighted by molar-refractivity contribution is 7.99. The number of aromatic nitrogens is 2. The van der Waals surface area contributed by atoms with Crippen LogP contribution in [0, 0.1) is 6.92 Å². The number of amides is 1. The second kappa shape index (κ2) is 7.33. The van der Waals surface area contributed by atoms with Gasteiger partial charge in [-0.3, -0.25) is 9.78 Å². The molecule has 0 spiro atoms. The van der Waals surface area contributed by atoms with Crippen molar-refractivity contribution in [2.45, 2.75) is 6.92 Å². The molecule has 5 nitrogen and oxygen atoms in total. The number of fused-ring (bicyclic) bond motifs is 1. The highest BCUT2D eigenvalue weighted by Crippen LogP contribution is 2.25. The summed E-state index contributed by atoms with van der Waals surface area (Å²) < 4.78 is 0. The molecule has 0 bridgehead atoms. The first-order valence-electron chi connectivity index (χ1n) is 8.67. The molecule has 1 aliphatic rings. The molecular weight excluding hydrogens is 344 g/mol. The fourth-order valence-electron chi connectivity index (χ4n) is 3.06. The van der Waals surface area contributed by atoms with Gasteiger partial charge in [-0.25, -0.2) is 4.98 Å². The number of anilines is 2. The Bertz CT molecular complexity index is 953. The van der Waals surface area contributed by atoms with E-state index in [2.05, 4.69) is 32.3 Å². The van der Waals surface area contributed by atoms with Crippen molar-refractivity contribution in [3.63, 3.8) is 0 Å². The van der Waals surface area contributed by atoms with Gasteiger partial charge in [0.05, 0.1) is 17.2 Å². The fraction of sp³-hybridized carbons (Fsp3) is 0.250. The van der Waals surface area contributed by atoms with E-state index in [0.717, 1.165) is 46.9 Å². The first-order valence-corrected chi connectivity index (χ1v) is 9.83. The molecule has 1 fully saturated rings. The molecule has 6 heteroatoms. The smallest absolute Gasteiger partial charge is 0.275 e. The van der Waals surface area contributed by atoms with Crippen molar-refractivity contribution in [1.82, 2.24) is 9.97 Å². The zero-order chi connectivity index (χ0) is 17.9. The highest BCUT2D eigenvalue weighted by Gasteiger charge is 2.14. The zero-order valence-electron chi connectivity index (χ0n) is 14.6. The molecular formula is C20H20N4OS. The van der Waals surface area contributed by atoms with Gasteiger partial charge < -0.3 is 10.2 Å². The Hall–Kier alpha value is -2.60. The Morgan fingerprint density at radius 1 is 1.12 bits per heavy atom. The lowest BCUT2D eigenvalue weighted by Gasteiger charge is -2.29. The molecule has 2 aromatic carbocycles. The number of thioether (sulfide) groups is 1. The van der Waals surface area contributed by atoms with Crippen LogP contribution in [-0.2, 0) is 0 Å². The van der Waals surface area contributed by atoms with Gasteiger partial charge in [-0.1, -0.05) is 12.1 Å². The minimum Gasteiger partial charge on any atom is -0.370 e. The maximum Gasteiger partial charge on any atom is 0.275 e. The number of carbonyl (C=O) groups is 1. The van der Waals surface area contributed by atoms with E-state index in [9.17, 15) is 4.79 Å². The Morgan fingerprint density at radius 2 is 1.88 bits per heavy atom. The topological polar surface area (TPSA) is 58.1 Å². The van der Waals surface area contributed by atoms with E-state index in [1.54, 1.807) is 0 Å². The maximum atomic E-state index is 12.6. The van der Waals surface area contributed by atoms with Crippen LogP contribution in [0.3, 0.4) is 0 Å². The first-order chi connectivity index (χ1) is 12.7. The van der Waals surface area contributed by atoms with Crippen LogP contribution >= 0.6 is 11.8 Å². The molecule has 0 aliphatic carbocycles. The van der Waals surface area contributed by atoms with Crippen LogP contribution in [0.2, 0.25) is 0 Å². The molecule has 3 aromatic rings. The fourth-order valence-corrected chi connectivity index (χ4v) is 3.96. The van der Waals surface area contributed by atoms with Gasteiger partial charge in [0.1, 0.15) is 5.69 Å². The van der Waals surface area contributed by atoms with Gasteiger partial charge in [-0.2, -0.15) is 11.8 Å². The minimum atomic E-state index is -0.242. The van der Waals surface area contributed by atoms with E-state index in [4.69, 9.17) is 0 Å². The summed E-state index contributed by atoms with van der Waals surface area (Å²) in [5, 5.41) is 2.96. The third-order valence-electron chi connectivity index (χ3n) is 4.52. The Balaban J connectivity index is 1.53. The van der Waals surface area contributed by atoms with Crippen molar-refractivity contribution >= 4 is 40.1 Å². The number of hydrogen-bond donors (Lipinski definition) is 1. The highest BCUT2D eigenvalue weighted by atomic mass is 32.2. The van der Waals surface area contributed by atoms with E-state index in [1.807, 2.05) is 49.0 Å². The average Bonchev–Trinajstić information content (AvgIpc) is 2.69. The molecule has 0 atom stereocenters. The molecule has 1 amide bonds. The molecule has 4 rings (SSSR count). The Morgan fingerprint density at radius 3 is 2.65 bits per heavy atom. The van der Waals surface area contributed by atoms with Crippen LogP contribution in [0.25, 0.3) is 11.0 Å². The Kier molecular flexibility index (Phi) is 4.75. The van der Waals surface area contributed by atoms with Crippen molar-refractivity contribution in [2.24, 2.45) is 0 Å². The largest absolute Gasteiger partial charge is 0.370 e. The van der Waals surface area contributed by atoms with E-state index in [1.165, 1.54) is 11.9 Å². The SMILES string of the molecule is Cc1cc(N2CCSCC2)ccc1NC(=O)c1cnc2ccccc2n1. The number of aryl methyl sites for hydroxylation is 1. The lowest BCUT2D eigenvalue weighted by molar-refractivity contribution is 0.102. The second-order valence-electron chi connectivity index (χ2n) is 6.30. The molecule has 1 saturated heterocycles. The molecule has 1 N–H and O–H groups in total. The molecule has 0 unspecified atom stereocenters. The molecule has 132 valence electrons. The summed E-state index contributed by atoms with van der Waals surface area (Å²) in [6.45, 7) is 4.16. The van der Waals surface area contributed by atoms with Gasteiger partial charge in [-0.15, -0.1) is 0 Å². The summed E-state index contributed by atoms with van der Waals surface area (Å²) in [6, 6.07) is 13.7. The van der Waals surface area contributed by atoms with Crippen molar-refractivity contribution in [1.29, 1.82) is 0 Å². The molecule has 0 saturated carbocycles. The standard InChI is InChI=1S/C20H20N4OS/c1-14-12-15(24-8-10-26-11-9-24)6-7-16(14)23-20(25)19-13-21-17-4-2-3-5-18(17)22-19/h2-7,12-13H,8-11H2,1H3,(H,23,25). The van der Waals surface area contributed by atoms with Gasteiger partial charge in [-0.05, 0) is 42.8 Å². The van der Waals surface area contributed by atoms with Gasteiger partial charge in [0.15, 0.2) is 0 Å². The molecule has 2 heterocycles. The zero-order valence-corrected chi connectivity index (χ0v) is 15.4. The third-order valence-corrected chi connectivity index (χ3v) is 5.46. The van der Waals surface area contributed by atoms with Gasteiger partial charge >= 0.3 is 0 Å². The summed E-state index contributed by atoms with van der Waals surface area (Å²) in [7, 11) is 0. The first kappa shape index (κ1) is 16.8. The third kappa shape index (κ3) is 3.51. The number of para-hydroxylation sites is 2. The van der Waals surface area contributed by atoms with Crippen molar-refractivity contribution < 1.29 is 4.79 Å². The lowest BCUT2D eigenvalue weighted by atomic mass is 10.1. The van der Waals surface area contributed by atoms with Crippen LogP contribution in [-0.4, -0.2) is 40.5 Å². The van der Waals surface area contributed by atoms with Crippen LogP contribution in [0.15, 0.2) is 48.7 Å². The van der Waals surface area contributed by atoms with Gasteiger partial charge in [0, 0.05) is 36.0 Å². The van der Waals surface area contributed by atoms with Crippen molar-refractivity contribution in [3.8, 4) is 0 Å². The van der Waals surface area contributed by atoms with Gasteiger partial charge in [0.25, 0.3) is 5.91 Å². The number of carbonyl (C=O) groups excluding carboxylic acids is 1. The summed E-state index contributed by atoms with van der Waals surface area (Å²) >= 11 is 2.00. The maximum absolute atomic E-state index is 12.6. The monoisotopic (exact) mass is 364 g/mol. The number of benzene rings is 2. The predicted octanol–water partition coefficient (Wildman–Crippen LogP) is 3.74. The minimum absolute atomic E-state index is 0.242. The average molecular weight is 364 g/mol. The molecule has 0 radical (unpaired) electrons. The summed E-state index contributed by atoms with van der Waals surface area (Å²) in [5.74, 6) is 2.09. The van der Waals surface area contributed by atoms with E-state index in [-0.39, 0.29) is 5.91 Å². The van der Waals surface area contributed by atoms with Crippen LogP contribution in [0.1, 0.15) is 16.1 Å². The number of rotatable bonds is 3. The summed E-state index contributed by atoms with van der Waals surface area (Å²) in [6.07, 6.45) is 1.52. The molecule has 1 aliphatic heterocycles. The summed E-state index contributed by atoms with van der Waals surface area (Å²) in [5.41, 5.74) is 4.88.